The summed E-state index contributed by atoms with van der Waals surface area (Å²) < 4.78 is 0.758. The molecule has 0 bridgehead atoms. The van der Waals surface area contributed by atoms with Gasteiger partial charge in [-0.2, -0.15) is 0 Å². The molecule has 1 heterocycles. The second-order valence-electron chi connectivity index (χ2n) is 13.1. The summed E-state index contributed by atoms with van der Waals surface area (Å²) in [6, 6.07) is 3.94. The Morgan fingerprint density at radius 3 is 2.58 bits per heavy atom. The molecule has 4 saturated carbocycles. The molecule has 1 aromatic rings. The van der Waals surface area contributed by atoms with Crippen molar-refractivity contribution in [2.45, 2.75) is 104 Å². The molecule has 6 heteroatoms. The Bertz CT molecular complexity index is 995. The summed E-state index contributed by atoms with van der Waals surface area (Å²) >= 11 is 7.67. The molecule has 2 N–H and O–H groups in total. The first-order valence-electron chi connectivity index (χ1n) is 14.3. The fourth-order valence-corrected chi connectivity index (χ4v) is 10.7. The summed E-state index contributed by atoms with van der Waals surface area (Å²) in [4.78, 5) is 27.8. The van der Waals surface area contributed by atoms with Crippen LogP contribution in [-0.2, 0) is 9.59 Å². The zero-order valence-corrected chi connectivity index (χ0v) is 24.0. The lowest BCUT2D eigenvalue weighted by Crippen LogP contribution is -2.57. The second-order valence-corrected chi connectivity index (χ2v) is 14.9. The minimum atomic E-state index is -0.228. The van der Waals surface area contributed by atoms with E-state index in [-0.39, 0.29) is 34.8 Å². The van der Waals surface area contributed by atoms with Crippen LogP contribution in [-0.4, -0.2) is 22.9 Å². The summed E-state index contributed by atoms with van der Waals surface area (Å²) in [6.07, 6.45) is 9.11. The predicted molar refractivity (Wildman–Crippen MR) is 146 cm³/mol. The van der Waals surface area contributed by atoms with Crippen LogP contribution in [0, 0.1) is 46.3 Å². The zero-order valence-electron chi connectivity index (χ0n) is 22.4. The van der Waals surface area contributed by atoms with Gasteiger partial charge in [-0.1, -0.05) is 39.3 Å². The van der Waals surface area contributed by atoms with Gasteiger partial charge in [-0.05, 0) is 104 Å². The van der Waals surface area contributed by atoms with Crippen LogP contribution in [0.4, 0.5) is 0 Å². The van der Waals surface area contributed by atoms with Crippen molar-refractivity contribution in [3.63, 3.8) is 0 Å². The molecule has 0 radical (unpaired) electrons. The summed E-state index contributed by atoms with van der Waals surface area (Å²) in [7, 11) is 0. The number of thiophene rings is 1. The molecule has 0 spiro atoms. The number of nitrogens with one attached hydrogen (secondary N) is 1. The van der Waals surface area contributed by atoms with Crippen molar-refractivity contribution >= 4 is 34.6 Å². The van der Waals surface area contributed by atoms with E-state index in [1.165, 1.54) is 6.42 Å². The highest BCUT2D eigenvalue weighted by Crippen LogP contribution is 2.67. The third kappa shape index (κ3) is 4.49. The van der Waals surface area contributed by atoms with Crippen LogP contribution in [0.2, 0.25) is 4.34 Å². The first-order chi connectivity index (χ1) is 17.1. The number of carbonyl (C=O) groups is 2. The molecular formula is C30H44ClNO3S. The van der Waals surface area contributed by atoms with Crippen molar-refractivity contribution in [1.29, 1.82) is 0 Å². The maximum absolute atomic E-state index is 13.6. The first kappa shape index (κ1) is 26.7. The van der Waals surface area contributed by atoms with Crippen LogP contribution in [0.15, 0.2) is 12.1 Å². The minimum absolute atomic E-state index is 0.0205. The molecule has 1 amide bonds. The minimum Gasteiger partial charge on any atom is -0.393 e. The first-order valence-corrected chi connectivity index (χ1v) is 15.5. The lowest BCUT2D eigenvalue weighted by molar-refractivity contribution is -0.161. The average molecular weight is 534 g/mol. The molecular weight excluding hydrogens is 490 g/mol. The van der Waals surface area contributed by atoms with E-state index in [2.05, 4.69) is 33.0 Å². The number of Topliss-reactive ketones (excluding diaryl/α,β-unsaturated/α-hetero) is 1. The van der Waals surface area contributed by atoms with Gasteiger partial charge in [0.15, 0.2) is 0 Å². The number of hydrogen-bond acceptors (Lipinski definition) is 4. The Morgan fingerprint density at radius 1 is 1.17 bits per heavy atom. The van der Waals surface area contributed by atoms with Gasteiger partial charge in [0.25, 0.3) is 0 Å². The third-order valence-corrected chi connectivity index (χ3v) is 12.7. The highest BCUT2D eigenvalue weighted by molar-refractivity contribution is 7.16. The fourth-order valence-electron chi connectivity index (χ4n) is 9.46. The number of aliphatic hydroxyl groups is 1. The Balaban J connectivity index is 1.27. The van der Waals surface area contributed by atoms with Gasteiger partial charge in [-0.25, -0.2) is 0 Å². The third-order valence-electron chi connectivity index (χ3n) is 11.4. The summed E-state index contributed by atoms with van der Waals surface area (Å²) in [5, 5.41) is 13.6. The van der Waals surface area contributed by atoms with E-state index in [0.717, 1.165) is 54.2 Å². The van der Waals surface area contributed by atoms with Crippen molar-refractivity contribution in [3.05, 3.63) is 21.3 Å². The number of ketones is 1. The highest BCUT2D eigenvalue weighted by atomic mass is 35.5. The largest absolute Gasteiger partial charge is 0.393 e. The molecule has 4 fully saturated rings. The smallest absolute Gasteiger partial charge is 0.220 e. The van der Waals surface area contributed by atoms with Crippen molar-refractivity contribution in [1.82, 2.24) is 5.32 Å². The van der Waals surface area contributed by atoms with Crippen molar-refractivity contribution < 1.29 is 14.7 Å². The Kier molecular flexibility index (Phi) is 7.41. The number of carbonyl (C=O) groups excluding carboxylic acids is 2. The quantitative estimate of drug-likeness (QED) is 0.406. The van der Waals surface area contributed by atoms with Crippen molar-refractivity contribution in [2.75, 3.05) is 0 Å². The molecule has 200 valence electrons. The fraction of sp³-hybridized carbons (Fsp3) is 0.800. The molecule has 5 rings (SSSR count). The Labute approximate surface area is 226 Å². The monoisotopic (exact) mass is 533 g/mol. The number of hydrogen-bond donors (Lipinski definition) is 2. The molecule has 0 aliphatic heterocycles. The van der Waals surface area contributed by atoms with E-state index in [1.807, 2.05) is 12.1 Å². The van der Waals surface area contributed by atoms with E-state index in [1.54, 1.807) is 11.3 Å². The van der Waals surface area contributed by atoms with Crippen LogP contribution in [0.5, 0.6) is 0 Å². The van der Waals surface area contributed by atoms with E-state index in [0.29, 0.717) is 48.2 Å². The van der Waals surface area contributed by atoms with Gasteiger partial charge in [0.2, 0.25) is 5.91 Å². The van der Waals surface area contributed by atoms with Gasteiger partial charge in [0, 0.05) is 23.6 Å². The van der Waals surface area contributed by atoms with E-state index < -0.39 is 0 Å². The Hall–Kier alpha value is -0.910. The summed E-state index contributed by atoms with van der Waals surface area (Å²) in [5.74, 6) is 2.83. The van der Waals surface area contributed by atoms with Crippen LogP contribution in [0.3, 0.4) is 0 Å². The van der Waals surface area contributed by atoms with Crippen LogP contribution in [0.25, 0.3) is 0 Å². The number of fused-ring (bicyclic) bond motifs is 5. The van der Waals surface area contributed by atoms with Gasteiger partial charge >= 0.3 is 0 Å². The van der Waals surface area contributed by atoms with Crippen molar-refractivity contribution in [2.24, 2.45) is 46.3 Å². The zero-order chi connectivity index (χ0) is 25.8. The number of rotatable bonds is 6. The molecule has 4 aliphatic rings. The maximum atomic E-state index is 13.6. The predicted octanol–water partition coefficient (Wildman–Crippen LogP) is 7.19. The summed E-state index contributed by atoms with van der Waals surface area (Å²) in [6.45, 7) is 9.23. The van der Waals surface area contributed by atoms with Crippen LogP contribution >= 0.6 is 22.9 Å². The molecule has 1 unspecified atom stereocenters. The molecule has 0 aromatic carbocycles. The summed E-state index contributed by atoms with van der Waals surface area (Å²) in [5.41, 5.74) is 0.335. The second kappa shape index (κ2) is 10.0. The molecule has 36 heavy (non-hydrogen) atoms. The van der Waals surface area contributed by atoms with Crippen LogP contribution < -0.4 is 5.32 Å². The van der Waals surface area contributed by atoms with Gasteiger partial charge in [0.1, 0.15) is 5.78 Å². The SMILES string of the molecule is CC[C@@H](NC(=O)C[C@@H](C)C1CC[C@H]2[C@@H]3C(=O)C[C@@H]4C[C@H](O)CC[C@]4(C)[C@H]3CC[C@]12C)c1ccc(Cl)s1. The standard InChI is InChI=1S/C30H44ClNO3S/c1-5-23(25-8-9-26(31)36-25)32-27(35)14-17(2)20-6-7-21-28-22(11-13-30(20,21)4)29(3)12-10-19(33)15-18(29)16-24(28)34/h8-9,17-23,28,33H,5-7,10-16H2,1-4H3,(H,32,35)/t17-,18+,19-,20?,21+,22+,23-,28+,29+,30-/m1/s1. The van der Waals surface area contributed by atoms with E-state index in [4.69, 9.17) is 11.6 Å². The van der Waals surface area contributed by atoms with Gasteiger partial charge in [-0.3, -0.25) is 9.59 Å². The van der Waals surface area contributed by atoms with E-state index in [9.17, 15) is 14.7 Å². The average Bonchev–Trinajstić information content (AvgIpc) is 3.41. The molecule has 1 aromatic heterocycles. The molecule has 4 nitrogen and oxygen atoms in total. The van der Waals surface area contributed by atoms with Crippen molar-refractivity contribution in [3.8, 4) is 0 Å². The van der Waals surface area contributed by atoms with Gasteiger partial charge in [0.05, 0.1) is 16.5 Å². The number of amides is 1. The topological polar surface area (TPSA) is 66.4 Å². The van der Waals surface area contributed by atoms with Crippen LogP contribution in [0.1, 0.15) is 103 Å². The molecule has 0 saturated heterocycles. The molecule has 10 atom stereocenters. The maximum Gasteiger partial charge on any atom is 0.220 e. The normalized spacial score (nSPS) is 41.7. The van der Waals surface area contributed by atoms with E-state index >= 15 is 0 Å². The van der Waals surface area contributed by atoms with Gasteiger partial charge in [-0.15, -0.1) is 11.3 Å². The molecule has 4 aliphatic carbocycles. The number of aliphatic hydroxyl groups excluding tert-OH is 1. The Morgan fingerprint density at radius 2 is 1.89 bits per heavy atom. The lowest BCUT2D eigenvalue weighted by atomic mass is 9.44. The number of halogens is 1. The highest BCUT2D eigenvalue weighted by Gasteiger charge is 2.63. The van der Waals surface area contributed by atoms with Gasteiger partial charge < -0.3 is 10.4 Å². The lowest BCUT2D eigenvalue weighted by Gasteiger charge is -2.60.